The van der Waals surface area contributed by atoms with Gasteiger partial charge in [0.05, 0.1) is 0 Å². The van der Waals surface area contributed by atoms with Crippen LogP contribution in [0, 0.1) is 6.07 Å². The van der Waals surface area contributed by atoms with Crippen LogP contribution in [0.4, 0.5) is 0 Å². The first-order valence-corrected chi connectivity index (χ1v) is 8.69. The molecule has 0 unspecified atom stereocenters. The van der Waals surface area contributed by atoms with E-state index in [9.17, 15) is 0 Å². The quantitative estimate of drug-likeness (QED) is 0.690. The van der Waals surface area contributed by atoms with E-state index in [1.165, 1.54) is 24.8 Å². The first kappa shape index (κ1) is 13.6. The summed E-state index contributed by atoms with van der Waals surface area (Å²) in [5.41, 5.74) is 1.43. The molecule has 0 aromatic heterocycles. The molecule has 0 saturated carbocycles. The molecule has 3 heteroatoms. The molecule has 0 aliphatic heterocycles. The Bertz CT molecular complexity index is 189. The molecule has 1 rings (SSSR count). The fourth-order valence-corrected chi connectivity index (χ4v) is 0.969. The third kappa shape index (κ3) is 8.88. The van der Waals surface area contributed by atoms with Gasteiger partial charge in [-0.3, -0.25) is 0 Å². The van der Waals surface area contributed by atoms with E-state index in [4.69, 9.17) is 18.1 Å². The zero-order valence-electron chi connectivity index (χ0n) is 7.89. The minimum Gasteiger partial charge on any atom is -0.309 e. The highest BCUT2D eigenvalue weighted by Gasteiger charge is 1.87. The van der Waals surface area contributed by atoms with Gasteiger partial charge in [0.25, 0.3) is 0 Å². The highest BCUT2D eigenvalue weighted by atomic mass is 35.6. The molecular formula is C10H13Cl2Mg. The van der Waals surface area contributed by atoms with Crippen molar-refractivity contribution in [1.29, 1.82) is 0 Å². The molecule has 0 heterocycles. The summed E-state index contributed by atoms with van der Waals surface area (Å²) in [6.45, 7) is 2.22. The fraction of sp³-hybridized carbons (Fsp3) is 0.400. The Morgan fingerprint density at radius 1 is 1.31 bits per heavy atom. The van der Waals surface area contributed by atoms with Gasteiger partial charge in [0.15, 0.2) is 0 Å². The lowest BCUT2D eigenvalue weighted by Crippen LogP contribution is -1.81. The molecule has 1 aromatic carbocycles. The second kappa shape index (κ2) is 10.6. The summed E-state index contributed by atoms with van der Waals surface area (Å²) in [5.74, 6) is 0. The van der Waals surface area contributed by atoms with Gasteiger partial charge in [-0.05, 0) is 24.5 Å². The summed E-state index contributed by atoms with van der Waals surface area (Å²) in [6.07, 6.45) is 3.79. The minimum atomic E-state index is -0.639. The van der Waals surface area contributed by atoms with E-state index in [0.29, 0.717) is 0 Å². The van der Waals surface area contributed by atoms with Gasteiger partial charge in [-0.2, -0.15) is 0 Å². The third-order valence-electron chi connectivity index (χ3n) is 1.61. The maximum absolute atomic E-state index is 4.90. The van der Waals surface area contributed by atoms with Crippen LogP contribution >= 0.6 is 18.1 Å². The molecule has 1 aromatic rings. The highest BCUT2D eigenvalue weighted by Crippen LogP contribution is 2.02. The standard InChI is InChI=1S/C10H13.2ClH.Mg/c1-2-3-7-10-8-5-4-6-9-10;;;/h5-6,8-9H,2-3,7H2,1H3;2*1H;/q;;;+2/p-2. The zero-order chi connectivity index (χ0) is 9.94. The van der Waals surface area contributed by atoms with Crippen LogP contribution in [0.2, 0.25) is 0 Å². The van der Waals surface area contributed by atoms with Crippen molar-refractivity contribution >= 4 is 36.3 Å². The minimum absolute atomic E-state index is 0.639. The second-order valence-electron chi connectivity index (χ2n) is 2.61. The molecule has 0 spiro atoms. The number of aryl methyl sites for hydroxylation is 1. The fourth-order valence-electron chi connectivity index (χ4n) is 0.969. The maximum Gasteiger partial charge on any atom is 0.618 e. The van der Waals surface area contributed by atoms with Gasteiger partial charge in [-0.25, -0.2) is 0 Å². The van der Waals surface area contributed by atoms with Gasteiger partial charge >= 0.3 is 18.2 Å². The number of halogens is 2. The average Bonchev–Trinajstić information content (AvgIpc) is 2.18. The summed E-state index contributed by atoms with van der Waals surface area (Å²) in [7, 11) is 9.81. The van der Waals surface area contributed by atoms with Crippen molar-refractivity contribution in [2.45, 2.75) is 26.2 Å². The largest absolute Gasteiger partial charge is 0.618 e. The Hall–Kier alpha value is 0.566. The molecule has 0 fully saturated rings. The van der Waals surface area contributed by atoms with Gasteiger partial charge in [-0.1, -0.05) is 37.6 Å². The molecule has 69 valence electrons. The van der Waals surface area contributed by atoms with Crippen molar-refractivity contribution < 1.29 is 0 Å². The summed E-state index contributed by atoms with van der Waals surface area (Å²) >= 11 is -0.639. The molecule has 0 N–H and O–H groups in total. The summed E-state index contributed by atoms with van der Waals surface area (Å²) < 4.78 is 0. The van der Waals surface area contributed by atoms with E-state index < -0.39 is 18.2 Å². The topological polar surface area (TPSA) is 0 Å². The molecule has 0 atom stereocenters. The first-order valence-electron chi connectivity index (χ1n) is 4.42. The Morgan fingerprint density at radius 2 is 1.85 bits per heavy atom. The van der Waals surface area contributed by atoms with E-state index in [-0.39, 0.29) is 0 Å². The van der Waals surface area contributed by atoms with E-state index in [1.54, 1.807) is 0 Å². The predicted molar refractivity (Wildman–Crippen MR) is 61.4 cm³/mol. The SMILES string of the molecule is CCCCc1cc[c]cc1.[Cl][Mg][Cl]. The maximum atomic E-state index is 4.90. The Labute approximate surface area is 97.9 Å². The lowest BCUT2D eigenvalue weighted by atomic mass is 10.1. The molecule has 1 radical (unpaired) electrons. The summed E-state index contributed by atoms with van der Waals surface area (Å²) in [5, 5.41) is 0. The summed E-state index contributed by atoms with van der Waals surface area (Å²) in [6, 6.07) is 11.2. The zero-order valence-corrected chi connectivity index (χ0v) is 10.8. The van der Waals surface area contributed by atoms with Crippen molar-refractivity contribution in [3.05, 3.63) is 35.9 Å². The molecular weight excluding hydrogens is 215 g/mol. The van der Waals surface area contributed by atoms with E-state index in [1.807, 2.05) is 12.1 Å². The Balaban J connectivity index is 0.000000424. The molecule has 0 nitrogen and oxygen atoms in total. The number of benzene rings is 1. The van der Waals surface area contributed by atoms with Crippen LogP contribution in [-0.2, 0) is 6.42 Å². The van der Waals surface area contributed by atoms with Crippen molar-refractivity contribution in [2.75, 3.05) is 0 Å². The van der Waals surface area contributed by atoms with Crippen LogP contribution < -0.4 is 0 Å². The summed E-state index contributed by atoms with van der Waals surface area (Å²) in [4.78, 5) is 0. The highest BCUT2D eigenvalue weighted by molar-refractivity contribution is 7.22. The van der Waals surface area contributed by atoms with Crippen LogP contribution in [-0.4, -0.2) is 18.2 Å². The first-order chi connectivity index (χ1) is 6.35. The van der Waals surface area contributed by atoms with Crippen LogP contribution in [0.25, 0.3) is 0 Å². The third-order valence-corrected chi connectivity index (χ3v) is 1.61. The number of rotatable bonds is 3. The lowest BCUT2D eigenvalue weighted by Gasteiger charge is -1.96. The van der Waals surface area contributed by atoms with E-state index in [0.717, 1.165) is 0 Å². The van der Waals surface area contributed by atoms with Crippen LogP contribution in [0.15, 0.2) is 24.3 Å². The van der Waals surface area contributed by atoms with E-state index >= 15 is 0 Å². The predicted octanol–water partition coefficient (Wildman–Crippen LogP) is 3.83. The van der Waals surface area contributed by atoms with Crippen molar-refractivity contribution in [3.63, 3.8) is 0 Å². The Morgan fingerprint density at radius 3 is 2.31 bits per heavy atom. The Kier molecular flexibility index (Phi) is 11.1. The molecule has 0 aliphatic carbocycles. The van der Waals surface area contributed by atoms with Gasteiger partial charge in [0.2, 0.25) is 0 Å². The molecule has 0 saturated heterocycles. The van der Waals surface area contributed by atoms with Gasteiger partial charge in [0, 0.05) is 0 Å². The molecule has 0 amide bonds. The lowest BCUT2D eigenvalue weighted by molar-refractivity contribution is 0.795. The van der Waals surface area contributed by atoms with Gasteiger partial charge in [0.1, 0.15) is 0 Å². The van der Waals surface area contributed by atoms with Gasteiger partial charge in [-0.15, -0.1) is 0 Å². The molecule has 0 bridgehead atoms. The second-order valence-corrected chi connectivity index (χ2v) is 5.24. The van der Waals surface area contributed by atoms with Crippen molar-refractivity contribution in [2.24, 2.45) is 0 Å². The number of hydrogen-bond acceptors (Lipinski definition) is 0. The smallest absolute Gasteiger partial charge is 0.309 e. The van der Waals surface area contributed by atoms with Gasteiger partial charge < -0.3 is 18.1 Å². The van der Waals surface area contributed by atoms with Crippen molar-refractivity contribution in [3.8, 4) is 0 Å². The van der Waals surface area contributed by atoms with Crippen molar-refractivity contribution in [1.82, 2.24) is 0 Å². The van der Waals surface area contributed by atoms with Crippen LogP contribution in [0.5, 0.6) is 0 Å². The average molecular weight is 228 g/mol. The monoisotopic (exact) mass is 227 g/mol. The molecule has 13 heavy (non-hydrogen) atoms. The number of unbranched alkanes of at least 4 members (excludes halogenated alkanes) is 1. The van der Waals surface area contributed by atoms with E-state index in [2.05, 4.69) is 25.1 Å². The molecule has 0 aliphatic rings. The normalized spacial score (nSPS) is 8.23. The number of hydrogen-bond donors (Lipinski definition) is 0. The van der Waals surface area contributed by atoms with Crippen LogP contribution in [0.1, 0.15) is 25.3 Å². The van der Waals surface area contributed by atoms with Crippen LogP contribution in [0.3, 0.4) is 0 Å².